The van der Waals surface area contributed by atoms with Crippen LogP contribution in [0, 0.1) is 5.82 Å². The molecule has 1 heterocycles. The molecule has 0 aliphatic heterocycles. The van der Waals surface area contributed by atoms with Gasteiger partial charge in [-0.25, -0.2) is 13.9 Å². The van der Waals surface area contributed by atoms with Crippen LogP contribution in [0.25, 0.3) is 0 Å². The van der Waals surface area contributed by atoms with Gasteiger partial charge < -0.3 is 4.74 Å². The van der Waals surface area contributed by atoms with Gasteiger partial charge in [0.25, 0.3) is 5.56 Å². The van der Waals surface area contributed by atoms with Crippen molar-refractivity contribution in [3.8, 4) is 0 Å². The van der Waals surface area contributed by atoms with Crippen LogP contribution in [0.4, 0.5) is 4.39 Å². The van der Waals surface area contributed by atoms with E-state index in [2.05, 4.69) is 5.10 Å². The first-order valence-electron chi connectivity index (χ1n) is 7.76. The van der Waals surface area contributed by atoms with Gasteiger partial charge in [0.2, 0.25) is 0 Å². The Morgan fingerprint density at radius 1 is 1.12 bits per heavy atom. The van der Waals surface area contributed by atoms with E-state index in [1.807, 2.05) is 30.3 Å². The van der Waals surface area contributed by atoms with Crippen molar-refractivity contribution in [3.63, 3.8) is 0 Å². The van der Waals surface area contributed by atoms with E-state index < -0.39 is 11.8 Å². The Labute approximate surface area is 153 Å². The third kappa shape index (κ3) is 4.34. The molecule has 1 aromatic heterocycles. The van der Waals surface area contributed by atoms with E-state index in [0.29, 0.717) is 5.56 Å². The normalized spacial score (nSPS) is 10.5. The Bertz CT molecular complexity index is 990. The van der Waals surface area contributed by atoms with Gasteiger partial charge in [0, 0.05) is 11.6 Å². The lowest BCUT2D eigenvalue weighted by Crippen LogP contribution is -2.25. The molecule has 0 spiro atoms. The average molecular weight is 373 g/mol. The zero-order chi connectivity index (χ0) is 18.5. The topological polar surface area (TPSA) is 61.2 Å². The summed E-state index contributed by atoms with van der Waals surface area (Å²) in [6.45, 7) is 0.113. The van der Waals surface area contributed by atoms with Crippen LogP contribution in [-0.4, -0.2) is 15.7 Å². The molecule has 3 rings (SSSR count). The lowest BCUT2D eigenvalue weighted by Gasteiger charge is -2.08. The highest BCUT2D eigenvalue weighted by molar-refractivity contribution is 6.31. The molecule has 0 saturated heterocycles. The number of nitrogens with zero attached hydrogens (tertiary/aromatic N) is 2. The highest BCUT2D eigenvalue weighted by Crippen LogP contribution is 2.18. The van der Waals surface area contributed by atoms with E-state index in [-0.39, 0.29) is 29.4 Å². The molecule has 0 unspecified atom stereocenters. The molecule has 0 atom stereocenters. The third-order valence-corrected chi connectivity index (χ3v) is 3.98. The summed E-state index contributed by atoms with van der Waals surface area (Å²) < 4.78 is 19.4. The zero-order valence-corrected chi connectivity index (χ0v) is 14.3. The van der Waals surface area contributed by atoms with Gasteiger partial charge in [0.15, 0.2) is 5.69 Å². The van der Waals surface area contributed by atoms with Crippen molar-refractivity contribution in [1.29, 1.82) is 0 Å². The van der Waals surface area contributed by atoms with Crippen LogP contribution in [0.2, 0.25) is 5.02 Å². The smallest absolute Gasteiger partial charge is 0.359 e. The summed E-state index contributed by atoms with van der Waals surface area (Å²) in [5.41, 5.74) is 1.02. The quantitative estimate of drug-likeness (QED) is 0.644. The third-order valence-electron chi connectivity index (χ3n) is 3.62. The number of benzene rings is 2. The summed E-state index contributed by atoms with van der Waals surface area (Å²) >= 11 is 5.90. The fourth-order valence-corrected chi connectivity index (χ4v) is 2.51. The van der Waals surface area contributed by atoms with Gasteiger partial charge in [-0.15, -0.1) is 0 Å². The first-order valence-corrected chi connectivity index (χ1v) is 8.14. The summed E-state index contributed by atoms with van der Waals surface area (Å²) in [7, 11) is 0. The van der Waals surface area contributed by atoms with Crippen LogP contribution >= 0.6 is 11.6 Å². The summed E-state index contributed by atoms with van der Waals surface area (Å²) in [5.74, 6) is -1.17. The predicted octanol–water partition coefficient (Wildman–Crippen LogP) is 3.44. The second kappa shape index (κ2) is 7.93. The average Bonchev–Trinajstić information content (AvgIpc) is 2.63. The molecule has 0 N–H and O–H groups in total. The summed E-state index contributed by atoms with van der Waals surface area (Å²) in [6, 6.07) is 15.7. The number of hydrogen-bond acceptors (Lipinski definition) is 4. The van der Waals surface area contributed by atoms with Crippen molar-refractivity contribution in [2.24, 2.45) is 0 Å². The van der Waals surface area contributed by atoms with Crippen LogP contribution in [-0.2, 0) is 17.9 Å². The summed E-state index contributed by atoms with van der Waals surface area (Å²) in [4.78, 5) is 24.1. The maximum atomic E-state index is 13.0. The van der Waals surface area contributed by atoms with Crippen molar-refractivity contribution in [3.05, 3.63) is 98.7 Å². The fourth-order valence-electron chi connectivity index (χ4n) is 2.28. The largest absolute Gasteiger partial charge is 0.456 e. The Kier molecular flexibility index (Phi) is 5.43. The van der Waals surface area contributed by atoms with E-state index in [0.717, 1.165) is 11.6 Å². The molecule has 3 aromatic rings. The highest BCUT2D eigenvalue weighted by atomic mass is 35.5. The SMILES string of the molecule is O=C(OCc1ccc(F)cc1Cl)c1ccc(=O)n(Cc2ccccc2)n1. The van der Waals surface area contributed by atoms with Gasteiger partial charge in [-0.05, 0) is 23.8 Å². The van der Waals surface area contributed by atoms with Crippen LogP contribution < -0.4 is 5.56 Å². The molecular formula is C19H14ClFN2O3. The highest BCUT2D eigenvalue weighted by Gasteiger charge is 2.13. The first-order chi connectivity index (χ1) is 12.5. The summed E-state index contributed by atoms with van der Waals surface area (Å²) in [5, 5.41) is 4.22. The molecule has 0 saturated carbocycles. The van der Waals surface area contributed by atoms with Gasteiger partial charge in [0.05, 0.1) is 11.6 Å². The summed E-state index contributed by atoms with van der Waals surface area (Å²) in [6.07, 6.45) is 0. The minimum absolute atomic E-state index is 0.00114. The van der Waals surface area contributed by atoms with Crippen LogP contribution in [0.15, 0.2) is 65.5 Å². The van der Waals surface area contributed by atoms with E-state index in [1.165, 1.54) is 28.9 Å². The van der Waals surface area contributed by atoms with Gasteiger partial charge in [-0.3, -0.25) is 4.79 Å². The molecule has 7 heteroatoms. The number of carbonyl (C=O) groups excluding carboxylic acids is 1. The second-order valence-electron chi connectivity index (χ2n) is 5.51. The van der Waals surface area contributed by atoms with Crippen LogP contribution in [0.3, 0.4) is 0 Å². The Balaban J connectivity index is 1.73. The number of carbonyl (C=O) groups is 1. The van der Waals surface area contributed by atoms with Gasteiger partial charge in [-0.2, -0.15) is 5.10 Å². The van der Waals surface area contributed by atoms with Crippen molar-refractivity contribution in [1.82, 2.24) is 9.78 Å². The van der Waals surface area contributed by atoms with Crippen molar-refractivity contribution >= 4 is 17.6 Å². The number of halogens is 2. The molecule has 5 nitrogen and oxygen atoms in total. The Morgan fingerprint density at radius 3 is 2.62 bits per heavy atom. The lowest BCUT2D eigenvalue weighted by atomic mass is 10.2. The van der Waals surface area contributed by atoms with E-state index >= 15 is 0 Å². The van der Waals surface area contributed by atoms with Crippen LogP contribution in [0.1, 0.15) is 21.6 Å². The maximum absolute atomic E-state index is 13.0. The first kappa shape index (κ1) is 17.8. The molecule has 0 aliphatic rings. The number of aromatic nitrogens is 2. The van der Waals surface area contributed by atoms with Crippen LogP contribution in [0.5, 0.6) is 0 Å². The molecular weight excluding hydrogens is 359 g/mol. The predicted molar refractivity (Wildman–Crippen MR) is 94.6 cm³/mol. The molecule has 2 aromatic carbocycles. The van der Waals surface area contributed by atoms with Gasteiger partial charge in [0.1, 0.15) is 12.4 Å². The lowest BCUT2D eigenvalue weighted by molar-refractivity contribution is 0.0462. The number of hydrogen-bond donors (Lipinski definition) is 0. The van der Waals surface area contributed by atoms with Gasteiger partial charge >= 0.3 is 5.97 Å². The molecule has 0 bridgehead atoms. The minimum Gasteiger partial charge on any atom is -0.456 e. The number of rotatable bonds is 5. The zero-order valence-electron chi connectivity index (χ0n) is 13.6. The Hall–Kier alpha value is -2.99. The molecule has 0 fully saturated rings. The second-order valence-corrected chi connectivity index (χ2v) is 5.92. The van der Waals surface area contributed by atoms with E-state index in [4.69, 9.17) is 16.3 Å². The van der Waals surface area contributed by atoms with Crippen molar-refractivity contribution in [2.45, 2.75) is 13.2 Å². The maximum Gasteiger partial charge on any atom is 0.359 e. The minimum atomic E-state index is -0.702. The van der Waals surface area contributed by atoms with Gasteiger partial charge in [-0.1, -0.05) is 48.0 Å². The Morgan fingerprint density at radius 2 is 1.88 bits per heavy atom. The monoisotopic (exact) mass is 372 g/mol. The number of esters is 1. The molecule has 0 amide bonds. The standard InChI is InChI=1S/C19H14ClFN2O3/c20-16-10-15(21)7-6-14(16)12-26-19(25)17-8-9-18(24)23(22-17)11-13-4-2-1-3-5-13/h1-10H,11-12H2. The van der Waals surface area contributed by atoms with Crippen molar-refractivity contribution in [2.75, 3.05) is 0 Å². The number of ether oxygens (including phenoxy) is 1. The van der Waals surface area contributed by atoms with E-state index in [1.54, 1.807) is 0 Å². The molecule has 132 valence electrons. The fraction of sp³-hybridized carbons (Fsp3) is 0.105. The molecule has 0 radical (unpaired) electrons. The van der Waals surface area contributed by atoms with Crippen molar-refractivity contribution < 1.29 is 13.9 Å². The molecule has 0 aliphatic carbocycles. The molecule has 26 heavy (non-hydrogen) atoms. The van der Waals surface area contributed by atoms with E-state index in [9.17, 15) is 14.0 Å².